The van der Waals surface area contributed by atoms with Crippen molar-refractivity contribution in [3.63, 3.8) is 0 Å². The summed E-state index contributed by atoms with van der Waals surface area (Å²) in [4.78, 5) is 24.3. The van der Waals surface area contributed by atoms with Crippen LogP contribution < -0.4 is 5.32 Å². The smallest absolute Gasteiger partial charge is 0.229 e. The summed E-state index contributed by atoms with van der Waals surface area (Å²) in [5.74, 6) is 0.576. The van der Waals surface area contributed by atoms with Gasteiger partial charge in [-0.15, -0.1) is 10.2 Å². The van der Waals surface area contributed by atoms with E-state index in [1.54, 1.807) is 0 Å². The van der Waals surface area contributed by atoms with E-state index in [4.69, 9.17) is 0 Å². The monoisotopic (exact) mass is 293 g/mol. The zero-order valence-corrected chi connectivity index (χ0v) is 12.4. The van der Waals surface area contributed by atoms with Crippen molar-refractivity contribution in [3.8, 4) is 0 Å². The van der Waals surface area contributed by atoms with Crippen LogP contribution >= 0.6 is 11.3 Å². The van der Waals surface area contributed by atoms with Crippen LogP contribution in [0.4, 0.5) is 5.13 Å². The van der Waals surface area contributed by atoms with Crippen molar-refractivity contribution in [1.82, 2.24) is 10.2 Å². The van der Waals surface area contributed by atoms with Gasteiger partial charge in [-0.25, -0.2) is 0 Å². The number of aromatic nitrogens is 2. The number of anilines is 1. The van der Waals surface area contributed by atoms with Gasteiger partial charge in [-0.3, -0.25) is 9.59 Å². The molecule has 1 aromatic rings. The summed E-state index contributed by atoms with van der Waals surface area (Å²) in [5, 5.41) is 12.4. The topological polar surface area (TPSA) is 72.0 Å². The Morgan fingerprint density at radius 1 is 1.30 bits per heavy atom. The van der Waals surface area contributed by atoms with Gasteiger partial charge in [0.25, 0.3) is 0 Å². The van der Waals surface area contributed by atoms with E-state index in [1.807, 2.05) is 6.92 Å². The number of carbonyl (C=O) groups excluding carboxylic acids is 2. The van der Waals surface area contributed by atoms with Gasteiger partial charge in [-0.05, 0) is 32.1 Å². The van der Waals surface area contributed by atoms with Crippen molar-refractivity contribution in [3.05, 3.63) is 5.01 Å². The van der Waals surface area contributed by atoms with Gasteiger partial charge in [0.1, 0.15) is 10.8 Å². The molecule has 2 aliphatic carbocycles. The zero-order valence-electron chi connectivity index (χ0n) is 11.6. The van der Waals surface area contributed by atoms with Crippen molar-refractivity contribution in [2.45, 2.75) is 45.4 Å². The molecule has 0 aliphatic heterocycles. The second kappa shape index (κ2) is 5.60. The van der Waals surface area contributed by atoms with E-state index in [0.29, 0.717) is 23.8 Å². The van der Waals surface area contributed by atoms with Gasteiger partial charge in [0.15, 0.2) is 0 Å². The number of carbonyl (C=O) groups is 2. The van der Waals surface area contributed by atoms with E-state index in [2.05, 4.69) is 15.5 Å². The molecular formula is C14H19N3O2S. The average Bonchev–Trinajstić information content (AvgIpc) is 2.86. The number of fused-ring (bicyclic) bond motifs is 2. The molecular weight excluding hydrogens is 274 g/mol. The van der Waals surface area contributed by atoms with Gasteiger partial charge in [0.05, 0.1) is 0 Å². The van der Waals surface area contributed by atoms with E-state index in [9.17, 15) is 9.59 Å². The molecule has 0 radical (unpaired) electrons. The highest BCUT2D eigenvalue weighted by Gasteiger charge is 2.41. The molecule has 0 spiro atoms. The van der Waals surface area contributed by atoms with Crippen LogP contribution in [0.3, 0.4) is 0 Å². The molecule has 1 aromatic heterocycles. The first-order chi connectivity index (χ1) is 9.67. The lowest BCUT2D eigenvalue weighted by molar-refractivity contribution is -0.136. The minimum atomic E-state index is -0.0445. The van der Waals surface area contributed by atoms with Crippen molar-refractivity contribution < 1.29 is 9.59 Å². The van der Waals surface area contributed by atoms with Crippen molar-refractivity contribution >= 4 is 28.2 Å². The zero-order chi connectivity index (χ0) is 14.1. The molecule has 0 aromatic carbocycles. The molecule has 20 heavy (non-hydrogen) atoms. The molecule has 3 rings (SSSR count). The summed E-state index contributed by atoms with van der Waals surface area (Å²) in [6, 6.07) is 0. The Kier molecular flexibility index (Phi) is 3.83. The molecule has 2 saturated carbocycles. The van der Waals surface area contributed by atoms with Crippen molar-refractivity contribution in [2.24, 2.45) is 17.8 Å². The quantitative estimate of drug-likeness (QED) is 0.929. The predicted octanol–water partition coefficient (Wildman–Crippen LogP) is 2.43. The van der Waals surface area contributed by atoms with Crippen LogP contribution in [0, 0.1) is 17.8 Å². The highest BCUT2D eigenvalue weighted by atomic mass is 32.1. The van der Waals surface area contributed by atoms with Crippen molar-refractivity contribution in [1.29, 1.82) is 0 Å². The maximum absolute atomic E-state index is 12.3. The predicted molar refractivity (Wildman–Crippen MR) is 76.5 cm³/mol. The standard InChI is InChI=1S/C14H19N3O2S/c1-2-11-16-17-14(20-11)15-13(19)10-6-8-4-3-5-9(7-10)12(8)18/h8-10H,2-7H2,1H3,(H,15,17,19). The van der Waals surface area contributed by atoms with E-state index in [0.717, 1.165) is 30.7 Å². The fourth-order valence-corrected chi connectivity index (χ4v) is 4.03. The normalized spacial score (nSPS) is 29.2. The first kappa shape index (κ1) is 13.7. The first-order valence-corrected chi connectivity index (χ1v) is 8.16. The van der Waals surface area contributed by atoms with Crippen LogP contribution in [0.1, 0.15) is 44.0 Å². The second-order valence-corrected chi connectivity index (χ2v) is 6.80. The number of nitrogens with zero attached hydrogens (tertiary/aromatic N) is 2. The van der Waals surface area contributed by atoms with E-state index >= 15 is 0 Å². The molecule has 108 valence electrons. The minimum Gasteiger partial charge on any atom is -0.300 e. The SMILES string of the molecule is CCc1nnc(NC(=O)C2CC3CCCC(C2)C3=O)s1. The van der Waals surface area contributed by atoms with Gasteiger partial charge in [0.2, 0.25) is 11.0 Å². The Balaban J connectivity index is 1.64. The number of ketones is 1. The molecule has 1 heterocycles. The molecule has 5 nitrogen and oxygen atoms in total. The summed E-state index contributed by atoms with van der Waals surface area (Å²) >= 11 is 1.43. The third-order valence-electron chi connectivity index (χ3n) is 4.42. The summed E-state index contributed by atoms with van der Waals surface area (Å²) < 4.78 is 0. The number of amides is 1. The summed E-state index contributed by atoms with van der Waals surface area (Å²) in [6.07, 6.45) is 5.29. The van der Waals surface area contributed by atoms with Gasteiger partial charge in [-0.2, -0.15) is 0 Å². The van der Waals surface area contributed by atoms with Gasteiger partial charge < -0.3 is 5.32 Å². The average molecular weight is 293 g/mol. The molecule has 2 atom stereocenters. The lowest BCUT2D eigenvalue weighted by Gasteiger charge is -2.36. The Hall–Kier alpha value is -1.30. The Morgan fingerprint density at radius 3 is 2.60 bits per heavy atom. The third kappa shape index (κ3) is 2.61. The number of Topliss-reactive ketones (excluding diaryl/α,β-unsaturated/α-hetero) is 1. The molecule has 1 N–H and O–H groups in total. The second-order valence-electron chi connectivity index (χ2n) is 5.74. The van der Waals surface area contributed by atoms with Crippen LogP contribution in [0.2, 0.25) is 0 Å². The fraction of sp³-hybridized carbons (Fsp3) is 0.714. The largest absolute Gasteiger partial charge is 0.300 e. The maximum atomic E-state index is 12.3. The summed E-state index contributed by atoms with van der Waals surface area (Å²) in [5.41, 5.74) is 0. The van der Waals surface area contributed by atoms with Crippen LogP contribution in [-0.4, -0.2) is 21.9 Å². The number of hydrogen-bond donors (Lipinski definition) is 1. The van der Waals surface area contributed by atoms with Gasteiger partial charge in [-0.1, -0.05) is 24.7 Å². The molecule has 1 amide bonds. The van der Waals surface area contributed by atoms with Crippen molar-refractivity contribution in [2.75, 3.05) is 5.32 Å². The molecule has 2 unspecified atom stereocenters. The van der Waals surface area contributed by atoms with Crippen LogP contribution in [-0.2, 0) is 16.0 Å². The molecule has 2 aliphatic rings. The molecule has 2 fully saturated rings. The first-order valence-electron chi connectivity index (χ1n) is 7.34. The maximum Gasteiger partial charge on any atom is 0.229 e. The van der Waals surface area contributed by atoms with Crippen LogP contribution in [0.15, 0.2) is 0 Å². The van der Waals surface area contributed by atoms with Crippen LogP contribution in [0.5, 0.6) is 0 Å². The number of hydrogen-bond acceptors (Lipinski definition) is 5. The highest BCUT2D eigenvalue weighted by Crippen LogP contribution is 2.40. The molecule has 0 saturated heterocycles. The summed E-state index contributed by atoms with van der Waals surface area (Å²) in [6.45, 7) is 2.01. The van der Waals surface area contributed by atoms with E-state index in [-0.39, 0.29) is 23.7 Å². The Morgan fingerprint density at radius 2 is 2.00 bits per heavy atom. The van der Waals surface area contributed by atoms with Gasteiger partial charge in [0, 0.05) is 17.8 Å². The third-order valence-corrected chi connectivity index (χ3v) is 5.40. The molecule has 6 heteroatoms. The minimum absolute atomic E-state index is 0.00760. The lowest BCUT2D eigenvalue weighted by atomic mass is 9.67. The Labute approximate surface area is 122 Å². The number of nitrogens with one attached hydrogen (secondary N) is 1. The van der Waals surface area contributed by atoms with Gasteiger partial charge >= 0.3 is 0 Å². The van der Waals surface area contributed by atoms with E-state index < -0.39 is 0 Å². The number of aryl methyl sites for hydroxylation is 1. The van der Waals surface area contributed by atoms with E-state index in [1.165, 1.54) is 11.3 Å². The highest BCUT2D eigenvalue weighted by molar-refractivity contribution is 7.15. The van der Waals surface area contributed by atoms with Crippen LogP contribution in [0.25, 0.3) is 0 Å². The Bertz CT molecular complexity index is 512. The molecule has 2 bridgehead atoms. The summed E-state index contributed by atoms with van der Waals surface area (Å²) in [7, 11) is 0. The number of rotatable bonds is 3. The lowest BCUT2D eigenvalue weighted by Crippen LogP contribution is -2.40. The fourth-order valence-electron chi connectivity index (χ4n) is 3.35.